The smallest absolute Gasteiger partial charge is 0.308 e. The van der Waals surface area contributed by atoms with Crippen LogP contribution in [0.3, 0.4) is 0 Å². The van der Waals surface area contributed by atoms with Gasteiger partial charge in [0.1, 0.15) is 0 Å². The predicted molar refractivity (Wildman–Crippen MR) is 80.4 cm³/mol. The molecule has 0 spiro atoms. The Balaban J connectivity index is 1.86. The highest BCUT2D eigenvalue weighted by molar-refractivity contribution is 5.95. The monoisotopic (exact) mass is 332 g/mol. The Hall–Kier alpha value is -2.83. The van der Waals surface area contributed by atoms with Crippen molar-refractivity contribution in [1.29, 1.82) is 0 Å². The van der Waals surface area contributed by atoms with Gasteiger partial charge in [0.2, 0.25) is 0 Å². The summed E-state index contributed by atoms with van der Waals surface area (Å²) in [5.74, 6) is -4.85. The summed E-state index contributed by atoms with van der Waals surface area (Å²) < 4.78 is 26.3. The molecule has 1 aliphatic heterocycles. The van der Waals surface area contributed by atoms with Crippen LogP contribution in [0.4, 0.5) is 8.78 Å². The van der Waals surface area contributed by atoms with Crippen LogP contribution < -0.4 is 0 Å². The summed E-state index contributed by atoms with van der Waals surface area (Å²) in [4.78, 5) is 29.3. The molecule has 2 atom stereocenters. The van der Waals surface area contributed by atoms with Crippen LogP contribution in [0.1, 0.15) is 21.8 Å². The molecule has 0 radical (unpaired) electrons. The van der Waals surface area contributed by atoms with Gasteiger partial charge in [0.15, 0.2) is 11.6 Å². The number of amides is 1. The number of carbonyl (C=O) groups is 2. The Morgan fingerprint density at radius 2 is 1.96 bits per heavy atom. The Morgan fingerprint density at radius 3 is 2.58 bits per heavy atom. The lowest BCUT2D eigenvalue weighted by Crippen LogP contribution is -2.30. The summed E-state index contributed by atoms with van der Waals surface area (Å²) in [7, 11) is 0. The van der Waals surface area contributed by atoms with E-state index in [1.165, 1.54) is 11.0 Å². The second-order valence-electron chi connectivity index (χ2n) is 5.68. The lowest BCUT2D eigenvalue weighted by Gasteiger charge is -2.16. The van der Waals surface area contributed by atoms with Crippen LogP contribution in [-0.2, 0) is 4.79 Å². The van der Waals surface area contributed by atoms with Crippen molar-refractivity contribution in [3.63, 3.8) is 0 Å². The standard InChI is InChI=1S/C17H14F2N2O3/c18-14-4-3-10(6-15(14)19)16(22)21-8-12(13(9-21)17(23)24)11-2-1-5-20-7-11/h1-7,12-13H,8-9H2,(H,23,24)/t12-,13+/m0/s1. The third-order valence-electron chi connectivity index (χ3n) is 4.20. The number of likely N-dealkylation sites (tertiary alicyclic amines) is 1. The number of nitrogens with zero attached hydrogens (tertiary/aromatic N) is 2. The van der Waals surface area contributed by atoms with Gasteiger partial charge in [-0.2, -0.15) is 0 Å². The van der Waals surface area contributed by atoms with E-state index in [4.69, 9.17) is 0 Å². The number of aliphatic carboxylic acids is 1. The molecule has 1 N–H and O–H groups in total. The van der Waals surface area contributed by atoms with Gasteiger partial charge in [-0.1, -0.05) is 6.07 Å². The quantitative estimate of drug-likeness (QED) is 0.936. The molecule has 124 valence electrons. The van der Waals surface area contributed by atoms with E-state index in [-0.39, 0.29) is 18.7 Å². The summed E-state index contributed by atoms with van der Waals surface area (Å²) in [6, 6.07) is 6.36. The van der Waals surface area contributed by atoms with E-state index >= 15 is 0 Å². The molecule has 0 unspecified atom stereocenters. The number of rotatable bonds is 3. The Morgan fingerprint density at radius 1 is 1.17 bits per heavy atom. The first-order chi connectivity index (χ1) is 11.5. The van der Waals surface area contributed by atoms with E-state index in [9.17, 15) is 23.5 Å². The summed E-state index contributed by atoms with van der Waals surface area (Å²) in [5, 5.41) is 9.43. The molecule has 0 aliphatic carbocycles. The molecular weight excluding hydrogens is 318 g/mol. The van der Waals surface area contributed by atoms with Crippen molar-refractivity contribution in [2.75, 3.05) is 13.1 Å². The van der Waals surface area contributed by atoms with Crippen LogP contribution in [0.25, 0.3) is 0 Å². The highest BCUT2D eigenvalue weighted by Crippen LogP contribution is 2.33. The number of hydrogen-bond donors (Lipinski definition) is 1. The summed E-state index contributed by atoms with van der Waals surface area (Å²) in [6.45, 7) is 0.188. The number of aromatic nitrogens is 1. The molecule has 3 rings (SSSR count). The summed E-state index contributed by atoms with van der Waals surface area (Å²) in [6.07, 6.45) is 3.16. The van der Waals surface area contributed by atoms with Crippen LogP contribution >= 0.6 is 0 Å². The maximum Gasteiger partial charge on any atom is 0.308 e. The fourth-order valence-electron chi connectivity index (χ4n) is 2.96. The summed E-state index contributed by atoms with van der Waals surface area (Å²) in [5.41, 5.74) is 0.718. The van der Waals surface area contributed by atoms with Gasteiger partial charge in [-0.15, -0.1) is 0 Å². The van der Waals surface area contributed by atoms with Crippen molar-refractivity contribution in [2.45, 2.75) is 5.92 Å². The highest BCUT2D eigenvalue weighted by atomic mass is 19.2. The molecule has 0 saturated carbocycles. The van der Waals surface area contributed by atoms with Crippen molar-refractivity contribution >= 4 is 11.9 Å². The number of carboxylic acid groups (broad SMARTS) is 1. The fraction of sp³-hybridized carbons (Fsp3) is 0.235. The molecule has 1 aliphatic rings. The van der Waals surface area contributed by atoms with E-state index < -0.39 is 35.3 Å². The van der Waals surface area contributed by atoms with Gasteiger partial charge in [0.25, 0.3) is 5.91 Å². The zero-order valence-corrected chi connectivity index (χ0v) is 12.5. The minimum atomic E-state index is -1.11. The Bertz CT molecular complexity index is 783. The zero-order valence-electron chi connectivity index (χ0n) is 12.5. The largest absolute Gasteiger partial charge is 0.481 e. The van der Waals surface area contributed by atoms with Crippen molar-refractivity contribution in [3.8, 4) is 0 Å². The van der Waals surface area contributed by atoms with Crippen molar-refractivity contribution < 1.29 is 23.5 Å². The number of benzene rings is 1. The number of pyridine rings is 1. The minimum Gasteiger partial charge on any atom is -0.481 e. The molecule has 1 aromatic heterocycles. The third-order valence-corrected chi connectivity index (χ3v) is 4.20. The van der Waals surface area contributed by atoms with E-state index in [2.05, 4.69) is 4.98 Å². The molecule has 2 aromatic rings. The van der Waals surface area contributed by atoms with Crippen molar-refractivity contribution in [2.24, 2.45) is 5.92 Å². The van der Waals surface area contributed by atoms with E-state index in [0.717, 1.165) is 17.7 Å². The first kappa shape index (κ1) is 16.0. The maximum atomic E-state index is 13.3. The second kappa shape index (κ2) is 6.35. The van der Waals surface area contributed by atoms with Crippen LogP contribution in [-0.4, -0.2) is 40.0 Å². The molecular formula is C17H14F2N2O3. The predicted octanol–water partition coefficient (Wildman–Crippen LogP) is 2.30. The van der Waals surface area contributed by atoms with Crippen LogP contribution in [0.5, 0.6) is 0 Å². The van der Waals surface area contributed by atoms with Gasteiger partial charge in [-0.05, 0) is 29.8 Å². The van der Waals surface area contributed by atoms with E-state index in [0.29, 0.717) is 0 Å². The van der Waals surface area contributed by atoms with Crippen molar-refractivity contribution in [3.05, 3.63) is 65.5 Å². The number of carbonyl (C=O) groups excluding carboxylic acids is 1. The molecule has 1 amide bonds. The molecule has 0 bridgehead atoms. The number of carboxylic acids is 1. The lowest BCUT2D eigenvalue weighted by atomic mass is 9.90. The topological polar surface area (TPSA) is 70.5 Å². The third kappa shape index (κ3) is 2.97. The minimum absolute atomic E-state index is 0.00667. The van der Waals surface area contributed by atoms with Gasteiger partial charge in [-0.25, -0.2) is 8.78 Å². The average Bonchev–Trinajstić information content (AvgIpc) is 3.03. The van der Waals surface area contributed by atoms with Crippen molar-refractivity contribution in [1.82, 2.24) is 9.88 Å². The van der Waals surface area contributed by atoms with Crippen LogP contribution in [0, 0.1) is 17.6 Å². The molecule has 5 nitrogen and oxygen atoms in total. The fourth-order valence-corrected chi connectivity index (χ4v) is 2.96. The zero-order chi connectivity index (χ0) is 17.3. The molecule has 24 heavy (non-hydrogen) atoms. The van der Waals surface area contributed by atoms with Crippen LogP contribution in [0.15, 0.2) is 42.7 Å². The number of halogens is 2. The molecule has 1 aromatic carbocycles. The van der Waals surface area contributed by atoms with Gasteiger partial charge in [0.05, 0.1) is 5.92 Å². The summed E-state index contributed by atoms with van der Waals surface area (Å²) >= 11 is 0. The number of hydrogen-bond acceptors (Lipinski definition) is 3. The first-order valence-electron chi connectivity index (χ1n) is 7.34. The van der Waals surface area contributed by atoms with Gasteiger partial charge in [0, 0.05) is 37.0 Å². The molecule has 1 saturated heterocycles. The molecule has 7 heteroatoms. The Labute approximate surface area is 136 Å². The average molecular weight is 332 g/mol. The van der Waals surface area contributed by atoms with Gasteiger partial charge < -0.3 is 10.0 Å². The Kier molecular flexibility index (Phi) is 4.24. The van der Waals surface area contributed by atoms with Gasteiger partial charge in [-0.3, -0.25) is 14.6 Å². The molecule has 1 fully saturated rings. The van der Waals surface area contributed by atoms with Crippen LogP contribution in [0.2, 0.25) is 0 Å². The maximum absolute atomic E-state index is 13.3. The van der Waals surface area contributed by atoms with Gasteiger partial charge >= 0.3 is 5.97 Å². The highest BCUT2D eigenvalue weighted by Gasteiger charge is 2.40. The van der Waals surface area contributed by atoms with E-state index in [1.54, 1.807) is 24.5 Å². The molecule has 2 heterocycles. The first-order valence-corrected chi connectivity index (χ1v) is 7.34. The SMILES string of the molecule is O=C(O)[C@@H]1CN(C(=O)c2ccc(F)c(F)c2)C[C@H]1c1cccnc1. The lowest BCUT2D eigenvalue weighted by molar-refractivity contribution is -0.141. The normalized spacial score (nSPS) is 20.2. The van der Waals surface area contributed by atoms with E-state index in [1.807, 2.05) is 0 Å². The second-order valence-corrected chi connectivity index (χ2v) is 5.68.